The van der Waals surface area contributed by atoms with Gasteiger partial charge in [0.1, 0.15) is 5.58 Å². The number of benzene rings is 3. The first-order valence-electron chi connectivity index (χ1n) is 10.6. The number of fused-ring (bicyclic) bond motifs is 1. The van der Waals surface area contributed by atoms with Crippen molar-refractivity contribution in [2.45, 2.75) is 6.92 Å². The number of methoxy groups -OCH3 is 1. The molecule has 178 valence electrons. The molecular weight excluding hydrogens is 470 g/mol. The van der Waals surface area contributed by atoms with Crippen molar-refractivity contribution in [3.8, 4) is 11.5 Å². The molecule has 0 saturated heterocycles. The molecule has 3 aromatic carbocycles. The fourth-order valence-corrected chi connectivity index (χ4v) is 3.39. The molecule has 9 heteroatoms. The van der Waals surface area contributed by atoms with Crippen LogP contribution in [0.1, 0.15) is 21.7 Å². The van der Waals surface area contributed by atoms with Gasteiger partial charge in [-0.25, -0.2) is 5.43 Å². The average Bonchev–Trinajstić information content (AvgIpc) is 3.28. The first kappa shape index (κ1) is 23.8. The zero-order chi connectivity index (χ0) is 24.8. The van der Waals surface area contributed by atoms with Crippen molar-refractivity contribution in [2.24, 2.45) is 5.10 Å². The molecule has 0 aliphatic rings. The number of carbonyl (C=O) groups is 2. The highest BCUT2D eigenvalue weighted by atomic mass is 35.5. The lowest BCUT2D eigenvalue weighted by atomic mass is 10.2. The maximum Gasteiger partial charge on any atom is 0.307 e. The summed E-state index contributed by atoms with van der Waals surface area (Å²) < 4.78 is 16.5. The molecule has 0 aliphatic heterocycles. The summed E-state index contributed by atoms with van der Waals surface area (Å²) in [6, 6.07) is 19.2. The van der Waals surface area contributed by atoms with Crippen LogP contribution in [0.15, 0.2) is 76.2 Å². The van der Waals surface area contributed by atoms with Gasteiger partial charge in [-0.1, -0.05) is 29.3 Å². The van der Waals surface area contributed by atoms with Crippen LogP contribution in [0, 0.1) is 6.92 Å². The van der Waals surface area contributed by atoms with Crippen LogP contribution in [0.5, 0.6) is 11.5 Å². The van der Waals surface area contributed by atoms with E-state index in [1.807, 2.05) is 31.2 Å². The van der Waals surface area contributed by atoms with E-state index in [4.69, 9.17) is 25.5 Å². The van der Waals surface area contributed by atoms with Gasteiger partial charge in [0.25, 0.3) is 5.91 Å². The van der Waals surface area contributed by atoms with Crippen LogP contribution in [0.25, 0.3) is 11.0 Å². The summed E-state index contributed by atoms with van der Waals surface area (Å²) in [4.78, 5) is 24.5. The van der Waals surface area contributed by atoms with Gasteiger partial charge in [-0.05, 0) is 67.1 Å². The topological polar surface area (TPSA) is 102 Å². The summed E-state index contributed by atoms with van der Waals surface area (Å²) >= 11 is 5.96. The van der Waals surface area contributed by atoms with Gasteiger partial charge in [-0.3, -0.25) is 9.59 Å². The number of furan rings is 1. The lowest BCUT2D eigenvalue weighted by molar-refractivity contribution is -0.118. The maximum atomic E-state index is 12.3. The van der Waals surface area contributed by atoms with Gasteiger partial charge in [0, 0.05) is 16.1 Å². The molecule has 1 heterocycles. The van der Waals surface area contributed by atoms with E-state index >= 15 is 0 Å². The molecule has 0 fully saturated rings. The molecule has 0 spiro atoms. The molecule has 0 radical (unpaired) electrons. The Labute approximate surface area is 206 Å². The van der Waals surface area contributed by atoms with E-state index in [0.717, 1.165) is 10.9 Å². The van der Waals surface area contributed by atoms with E-state index in [1.54, 1.807) is 42.5 Å². The SMILES string of the molecule is COc1cc(/C=N/NC(=O)c2cc3cc(Cl)ccc3o2)ccc1OCC(=O)Nc1ccc(C)cc1. The summed E-state index contributed by atoms with van der Waals surface area (Å²) in [6.07, 6.45) is 1.45. The second kappa shape index (κ2) is 10.8. The van der Waals surface area contributed by atoms with Gasteiger partial charge < -0.3 is 19.2 Å². The molecule has 4 aromatic rings. The highest BCUT2D eigenvalue weighted by molar-refractivity contribution is 6.31. The van der Waals surface area contributed by atoms with E-state index in [2.05, 4.69) is 15.8 Å². The molecule has 2 amide bonds. The monoisotopic (exact) mass is 491 g/mol. The number of hydrogen-bond donors (Lipinski definition) is 2. The lowest BCUT2D eigenvalue weighted by Crippen LogP contribution is -2.20. The smallest absolute Gasteiger partial charge is 0.307 e. The second-order valence-corrected chi connectivity index (χ2v) is 8.04. The van der Waals surface area contributed by atoms with Crippen molar-refractivity contribution in [1.82, 2.24) is 5.43 Å². The minimum Gasteiger partial charge on any atom is -0.493 e. The van der Waals surface area contributed by atoms with Crippen LogP contribution >= 0.6 is 11.6 Å². The zero-order valence-electron chi connectivity index (χ0n) is 19.0. The molecule has 35 heavy (non-hydrogen) atoms. The molecule has 0 saturated carbocycles. The number of aryl methyl sites for hydroxylation is 1. The number of anilines is 1. The summed E-state index contributed by atoms with van der Waals surface area (Å²) in [5.41, 5.74) is 5.42. The van der Waals surface area contributed by atoms with Crippen LogP contribution in [0.3, 0.4) is 0 Å². The van der Waals surface area contributed by atoms with Crippen molar-refractivity contribution >= 4 is 46.3 Å². The van der Waals surface area contributed by atoms with E-state index in [9.17, 15) is 9.59 Å². The van der Waals surface area contributed by atoms with Gasteiger partial charge in [-0.2, -0.15) is 5.10 Å². The number of hydrazone groups is 1. The molecule has 8 nitrogen and oxygen atoms in total. The van der Waals surface area contributed by atoms with Gasteiger partial charge >= 0.3 is 5.91 Å². The molecule has 0 unspecified atom stereocenters. The minimum absolute atomic E-state index is 0.115. The van der Waals surface area contributed by atoms with Crippen LogP contribution in [-0.4, -0.2) is 31.7 Å². The molecular formula is C26H22ClN3O5. The largest absolute Gasteiger partial charge is 0.493 e. The lowest BCUT2D eigenvalue weighted by Gasteiger charge is -2.11. The normalized spacial score (nSPS) is 10.9. The third kappa shape index (κ3) is 6.18. The zero-order valence-corrected chi connectivity index (χ0v) is 19.8. The minimum atomic E-state index is -0.500. The molecule has 0 bridgehead atoms. The second-order valence-electron chi connectivity index (χ2n) is 7.61. The fraction of sp³-hybridized carbons (Fsp3) is 0.115. The summed E-state index contributed by atoms with van der Waals surface area (Å²) in [5, 5.41) is 8.01. The Morgan fingerprint density at radius 3 is 2.60 bits per heavy atom. The van der Waals surface area contributed by atoms with E-state index in [-0.39, 0.29) is 18.3 Å². The van der Waals surface area contributed by atoms with Crippen LogP contribution in [0.2, 0.25) is 5.02 Å². The molecule has 1 aromatic heterocycles. The van der Waals surface area contributed by atoms with Crippen molar-refractivity contribution in [2.75, 3.05) is 19.0 Å². The number of nitrogens with one attached hydrogen (secondary N) is 2. The van der Waals surface area contributed by atoms with Crippen molar-refractivity contribution in [3.63, 3.8) is 0 Å². The number of ether oxygens (including phenoxy) is 2. The highest BCUT2D eigenvalue weighted by Gasteiger charge is 2.12. The summed E-state index contributed by atoms with van der Waals surface area (Å²) in [6.45, 7) is 1.79. The van der Waals surface area contributed by atoms with Gasteiger partial charge in [-0.15, -0.1) is 0 Å². The number of hydrogen-bond acceptors (Lipinski definition) is 6. The number of rotatable bonds is 8. The summed E-state index contributed by atoms with van der Waals surface area (Å²) in [5.74, 6) is 0.133. The predicted molar refractivity (Wildman–Crippen MR) is 135 cm³/mol. The van der Waals surface area contributed by atoms with Crippen LogP contribution in [0.4, 0.5) is 5.69 Å². The Kier molecular flexibility index (Phi) is 7.32. The molecule has 4 rings (SSSR count). The Bertz CT molecular complexity index is 1400. The van der Waals surface area contributed by atoms with Gasteiger partial charge in [0.15, 0.2) is 23.9 Å². The van der Waals surface area contributed by atoms with Crippen molar-refractivity contribution < 1.29 is 23.5 Å². The number of halogens is 1. The third-order valence-electron chi connectivity index (χ3n) is 4.96. The Hall–Kier alpha value is -4.30. The van der Waals surface area contributed by atoms with E-state index in [0.29, 0.717) is 33.4 Å². The molecule has 0 atom stereocenters. The van der Waals surface area contributed by atoms with Crippen molar-refractivity contribution in [3.05, 3.63) is 88.6 Å². The average molecular weight is 492 g/mol. The van der Waals surface area contributed by atoms with Crippen LogP contribution < -0.4 is 20.2 Å². The Morgan fingerprint density at radius 2 is 1.83 bits per heavy atom. The van der Waals surface area contributed by atoms with E-state index in [1.165, 1.54) is 13.3 Å². The fourth-order valence-electron chi connectivity index (χ4n) is 3.21. The quantitative estimate of drug-likeness (QED) is 0.261. The first-order valence-corrected chi connectivity index (χ1v) is 11.0. The third-order valence-corrected chi connectivity index (χ3v) is 5.20. The number of carbonyl (C=O) groups excluding carboxylic acids is 2. The summed E-state index contributed by atoms with van der Waals surface area (Å²) in [7, 11) is 1.49. The first-order chi connectivity index (χ1) is 16.9. The number of amides is 2. The highest BCUT2D eigenvalue weighted by Crippen LogP contribution is 2.27. The molecule has 0 aliphatic carbocycles. The Balaban J connectivity index is 1.34. The maximum absolute atomic E-state index is 12.3. The Morgan fingerprint density at radius 1 is 1.03 bits per heavy atom. The van der Waals surface area contributed by atoms with Gasteiger partial charge in [0.05, 0.1) is 13.3 Å². The van der Waals surface area contributed by atoms with Crippen LogP contribution in [-0.2, 0) is 4.79 Å². The number of nitrogens with zero attached hydrogens (tertiary/aromatic N) is 1. The van der Waals surface area contributed by atoms with E-state index < -0.39 is 5.91 Å². The standard InChI is InChI=1S/C26H22ClN3O5/c1-16-3-7-20(8-4-16)29-25(31)15-34-22-9-5-17(11-23(22)33-2)14-28-30-26(32)24-13-18-12-19(27)6-10-21(18)35-24/h3-14H,15H2,1-2H3,(H,29,31)(H,30,32)/b28-14+. The van der Waals surface area contributed by atoms with Crippen molar-refractivity contribution in [1.29, 1.82) is 0 Å². The van der Waals surface area contributed by atoms with Gasteiger partial charge in [0.2, 0.25) is 0 Å². The predicted octanol–water partition coefficient (Wildman–Crippen LogP) is 5.18. The molecule has 2 N–H and O–H groups in total.